The Balaban J connectivity index is 1.57. The van der Waals surface area contributed by atoms with E-state index in [9.17, 15) is 0 Å². The summed E-state index contributed by atoms with van der Waals surface area (Å²) >= 11 is 6.41. The van der Waals surface area contributed by atoms with E-state index in [4.69, 9.17) is 26.4 Å². The van der Waals surface area contributed by atoms with Crippen molar-refractivity contribution >= 4 is 34.7 Å². The molecule has 0 radical (unpaired) electrons. The van der Waals surface area contributed by atoms with Gasteiger partial charge in [0, 0.05) is 17.0 Å². The van der Waals surface area contributed by atoms with E-state index in [1.807, 2.05) is 29.3 Å². The van der Waals surface area contributed by atoms with Crippen molar-refractivity contribution in [1.82, 2.24) is 19.9 Å². The summed E-state index contributed by atoms with van der Waals surface area (Å²) in [6.07, 6.45) is 4.10. The van der Waals surface area contributed by atoms with Crippen LogP contribution in [0.2, 0.25) is 5.02 Å². The minimum absolute atomic E-state index is 0.108. The molecule has 0 unspecified atom stereocenters. The largest absolute Gasteiger partial charge is 0.350 e. The van der Waals surface area contributed by atoms with Crippen LogP contribution in [0.1, 0.15) is 51.3 Å². The number of hydroxylamine groups is 1. The van der Waals surface area contributed by atoms with Gasteiger partial charge in [-0.05, 0) is 51.7 Å². The number of imidazole rings is 1. The predicted octanol–water partition coefficient (Wildman–Crippen LogP) is 4.48. The van der Waals surface area contributed by atoms with Crippen molar-refractivity contribution in [3.05, 3.63) is 40.5 Å². The lowest BCUT2D eigenvalue weighted by molar-refractivity contribution is -0.126. The van der Waals surface area contributed by atoms with Crippen molar-refractivity contribution in [3.63, 3.8) is 0 Å². The van der Waals surface area contributed by atoms with Crippen molar-refractivity contribution in [2.45, 2.75) is 57.5 Å². The van der Waals surface area contributed by atoms with Crippen LogP contribution in [-0.2, 0) is 11.3 Å². The van der Waals surface area contributed by atoms with Crippen LogP contribution in [0.3, 0.4) is 0 Å². The Bertz CT molecular complexity index is 1060. The molecule has 1 aromatic carbocycles. The Labute approximate surface area is 174 Å². The third-order valence-electron chi connectivity index (χ3n) is 5.59. The molecule has 2 N–H and O–H groups in total. The fraction of sp³-hybridized carbons (Fsp3) is 0.476. The van der Waals surface area contributed by atoms with Crippen LogP contribution in [0.25, 0.3) is 11.2 Å². The van der Waals surface area contributed by atoms with Crippen molar-refractivity contribution in [3.8, 4) is 0 Å². The van der Waals surface area contributed by atoms with Crippen LogP contribution in [0.4, 0.5) is 11.9 Å². The second-order valence-corrected chi connectivity index (χ2v) is 9.45. The highest BCUT2D eigenvalue weighted by Gasteiger charge is 2.53. The lowest BCUT2D eigenvalue weighted by atomic mass is 9.75. The van der Waals surface area contributed by atoms with Crippen LogP contribution >= 0.6 is 11.6 Å². The monoisotopic (exact) mass is 412 g/mol. The molecular weight excluding hydrogens is 388 g/mol. The normalized spacial score (nSPS) is 18.0. The molecule has 0 bridgehead atoms. The van der Waals surface area contributed by atoms with Crippen LogP contribution in [0, 0.1) is 0 Å². The van der Waals surface area contributed by atoms with Crippen LogP contribution < -0.4 is 10.4 Å². The first kappa shape index (κ1) is 18.6. The number of hydrogen-bond donors (Lipinski definition) is 2. The summed E-state index contributed by atoms with van der Waals surface area (Å²) < 4.78 is 0. The average molecular weight is 413 g/mol. The quantitative estimate of drug-likeness (QED) is 0.657. The van der Waals surface area contributed by atoms with Gasteiger partial charge in [-0.1, -0.05) is 29.8 Å². The van der Waals surface area contributed by atoms with E-state index in [1.165, 1.54) is 6.42 Å². The number of aromatic nitrogens is 4. The fourth-order valence-electron chi connectivity index (χ4n) is 3.91. The van der Waals surface area contributed by atoms with Gasteiger partial charge in [-0.15, -0.1) is 0 Å². The second kappa shape index (κ2) is 6.57. The van der Waals surface area contributed by atoms with Crippen LogP contribution in [-0.4, -0.2) is 37.6 Å². The minimum Gasteiger partial charge on any atom is -0.350 e. The summed E-state index contributed by atoms with van der Waals surface area (Å²) in [7, 11) is 0. The van der Waals surface area contributed by atoms with Gasteiger partial charge in [0.15, 0.2) is 5.65 Å². The molecule has 1 spiro atoms. The summed E-state index contributed by atoms with van der Waals surface area (Å²) in [6, 6.07) is 7.84. The molecule has 2 fully saturated rings. The molecule has 5 rings (SSSR count). The first-order chi connectivity index (χ1) is 13.8. The maximum Gasteiger partial charge on any atom is 0.230 e. The predicted molar refractivity (Wildman–Crippen MR) is 114 cm³/mol. The first-order valence-electron chi connectivity index (χ1n) is 10.0. The molecule has 0 atom stereocenters. The van der Waals surface area contributed by atoms with Gasteiger partial charge in [-0.3, -0.25) is 4.84 Å². The van der Waals surface area contributed by atoms with Crippen molar-refractivity contribution < 1.29 is 4.84 Å². The Hall–Kier alpha value is -2.38. The molecule has 29 heavy (non-hydrogen) atoms. The summed E-state index contributed by atoms with van der Waals surface area (Å²) in [5, 5.41) is 6.02. The molecule has 3 heterocycles. The van der Waals surface area contributed by atoms with Gasteiger partial charge >= 0.3 is 0 Å². The molecule has 2 aliphatic rings. The van der Waals surface area contributed by atoms with Gasteiger partial charge in [0.25, 0.3) is 0 Å². The van der Waals surface area contributed by atoms with E-state index in [1.54, 1.807) is 0 Å². The number of anilines is 2. The van der Waals surface area contributed by atoms with E-state index in [0.29, 0.717) is 24.0 Å². The molecule has 8 heteroatoms. The zero-order valence-electron chi connectivity index (χ0n) is 16.9. The number of halogens is 1. The Morgan fingerprint density at radius 3 is 2.62 bits per heavy atom. The molecule has 1 aliphatic carbocycles. The van der Waals surface area contributed by atoms with Gasteiger partial charge < -0.3 is 10.3 Å². The number of fused-ring (bicyclic) bond motifs is 1. The summed E-state index contributed by atoms with van der Waals surface area (Å²) in [4.78, 5) is 23.4. The Morgan fingerprint density at radius 2 is 2.00 bits per heavy atom. The zero-order chi connectivity index (χ0) is 20.2. The minimum atomic E-state index is -0.162. The van der Waals surface area contributed by atoms with Crippen LogP contribution in [0.5, 0.6) is 0 Å². The number of hydrogen-bond acceptors (Lipinski definition) is 6. The van der Waals surface area contributed by atoms with Gasteiger partial charge in [-0.2, -0.15) is 9.97 Å². The Morgan fingerprint density at radius 1 is 1.21 bits per heavy atom. The molecule has 1 saturated carbocycles. The second-order valence-electron chi connectivity index (χ2n) is 9.04. The fourth-order valence-corrected chi connectivity index (χ4v) is 4.11. The number of nitrogens with one attached hydrogen (secondary N) is 2. The maximum absolute atomic E-state index is 6.41. The number of benzene rings is 1. The summed E-state index contributed by atoms with van der Waals surface area (Å²) in [6.45, 7) is 7.01. The van der Waals surface area contributed by atoms with Gasteiger partial charge in [0.1, 0.15) is 12.1 Å². The van der Waals surface area contributed by atoms with E-state index < -0.39 is 0 Å². The van der Waals surface area contributed by atoms with Gasteiger partial charge in [0.2, 0.25) is 11.9 Å². The molecule has 152 valence electrons. The van der Waals surface area contributed by atoms with Gasteiger partial charge in [-0.25, -0.2) is 10.0 Å². The molecular formula is C21H25ClN6O. The third-order valence-corrected chi connectivity index (χ3v) is 5.95. The molecule has 0 amide bonds. The van der Waals surface area contributed by atoms with Crippen molar-refractivity contribution in [2.24, 2.45) is 0 Å². The average Bonchev–Trinajstić information content (AvgIpc) is 2.96. The molecule has 1 aliphatic heterocycles. The SMILES string of the molecule is CC(C)(C)Nc1nc(Cc2ccccc2Cl)c2[nH]c(N3OCC34CCC4)nc2n1. The summed E-state index contributed by atoms with van der Waals surface area (Å²) in [5.74, 6) is 1.27. The van der Waals surface area contributed by atoms with E-state index in [2.05, 4.69) is 36.1 Å². The molecule has 7 nitrogen and oxygen atoms in total. The number of rotatable bonds is 4. The smallest absolute Gasteiger partial charge is 0.230 e. The lowest BCUT2D eigenvalue weighted by Crippen LogP contribution is -2.67. The van der Waals surface area contributed by atoms with Crippen molar-refractivity contribution in [2.75, 3.05) is 17.0 Å². The number of H-pyrrole nitrogens is 1. The Kier molecular flexibility index (Phi) is 4.22. The van der Waals surface area contributed by atoms with Crippen molar-refractivity contribution in [1.29, 1.82) is 0 Å². The highest BCUT2D eigenvalue weighted by molar-refractivity contribution is 6.31. The van der Waals surface area contributed by atoms with E-state index in [-0.39, 0.29) is 11.1 Å². The summed E-state index contributed by atoms with van der Waals surface area (Å²) in [5.41, 5.74) is 3.28. The number of nitrogens with zero attached hydrogens (tertiary/aromatic N) is 4. The number of aromatic amines is 1. The highest BCUT2D eigenvalue weighted by atomic mass is 35.5. The van der Waals surface area contributed by atoms with E-state index >= 15 is 0 Å². The third kappa shape index (κ3) is 3.32. The standard InChI is InChI=1S/C21H25ClN6O/c1-20(2,3)27-18-23-15(11-13-7-4-5-8-14(13)22)16-17(25-18)26-19(24-16)28-21(12-29-28)9-6-10-21/h4-5,7-8H,6,9-12H2,1-3H3,(H2,23,24,25,26,27). The molecule has 3 aromatic rings. The van der Waals surface area contributed by atoms with E-state index in [0.717, 1.165) is 41.2 Å². The first-order valence-corrected chi connectivity index (χ1v) is 10.4. The highest BCUT2D eigenvalue weighted by Crippen LogP contribution is 2.46. The maximum atomic E-state index is 6.41. The molecule has 2 aromatic heterocycles. The molecule has 1 saturated heterocycles. The van der Waals surface area contributed by atoms with Gasteiger partial charge in [0.05, 0.1) is 11.2 Å². The van der Waals surface area contributed by atoms with Crippen LogP contribution in [0.15, 0.2) is 24.3 Å². The lowest BCUT2D eigenvalue weighted by Gasteiger charge is -2.56. The zero-order valence-corrected chi connectivity index (χ0v) is 17.7. The topological polar surface area (TPSA) is 79.0 Å².